The van der Waals surface area contributed by atoms with Crippen molar-refractivity contribution in [1.82, 2.24) is 4.90 Å². The zero-order valence-corrected chi connectivity index (χ0v) is 12.3. The fourth-order valence-corrected chi connectivity index (χ4v) is 4.04. The van der Waals surface area contributed by atoms with Gasteiger partial charge in [-0.1, -0.05) is 32.6 Å². The summed E-state index contributed by atoms with van der Waals surface area (Å²) < 4.78 is 0. The molecule has 1 saturated heterocycles. The minimum atomic E-state index is -0.143. The number of aldehydes is 1. The summed E-state index contributed by atoms with van der Waals surface area (Å²) in [5.41, 5.74) is -0.143. The molecule has 1 heterocycles. The highest BCUT2D eigenvalue weighted by molar-refractivity contribution is 5.60. The number of carbonyl (C=O) groups excluding carboxylic acids is 1. The molecule has 3 heteroatoms. The normalized spacial score (nSPS) is 37.8. The van der Waals surface area contributed by atoms with Crippen molar-refractivity contribution in [3.05, 3.63) is 0 Å². The monoisotopic (exact) mass is 267 g/mol. The SMILES string of the molecule is CC1CCCC(C=O)(CN2CCCCCC2CO)C1. The van der Waals surface area contributed by atoms with Crippen LogP contribution in [-0.4, -0.2) is 42.0 Å². The van der Waals surface area contributed by atoms with Gasteiger partial charge in [0.05, 0.1) is 6.61 Å². The van der Waals surface area contributed by atoms with Crippen molar-refractivity contribution in [2.45, 2.75) is 64.3 Å². The van der Waals surface area contributed by atoms with E-state index in [0.29, 0.717) is 5.92 Å². The minimum Gasteiger partial charge on any atom is -0.395 e. The Morgan fingerprint density at radius 2 is 2.11 bits per heavy atom. The molecule has 0 bridgehead atoms. The van der Waals surface area contributed by atoms with Crippen LogP contribution < -0.4 is 0 Å². The van der Waals surface area contributed by atoms with Gasteiger partial charge in [0.25, 0.3) is 0 Å². The summed E-state index contributed by atoms with van der Waals surface area (Å²) in [7, 11) is 0. The van der Waals surface area contributed by atoms with Crippen LogP contribution in [0.2, 0.25) is 0 Å². The lowest BCUT2D eigenvalue weighted by atomic mass is 9.70. The first kappa shape index (κ1) is 15.0. The lowest BCUT2D eigenvalue weighted by Crippen LogP contribution is -2.47. The smallest absolute Gasteiger partial charge is 0.127 e. The molecular weight excluding hydrogens is 238 g/mol. The van der Waals surface area contributed by atoms with Crippen LogP contribution in [0.15, 0.2) is 0 Å². The van der Waals surface area contributed by atoms with Crippen LogP contribution in [0.5, 0.6) is 0 Å². The molecule has 0 aromatic heterocycles. The van der Waals surface area contributed by atoms with Crippen molar-refractivity contribution in [3.63, 3.8) is 0 Å². The Morgan fingerprint density at radius 1 is 1.26 bits per heavy atom. The third kappa shape index (κ3) is 3.79. The highest BCUT2D eigenvalue weighted by Crippen LogP contribution is 2.39. The summed E-state index contributed by atoms with van der Waals surface area (Å²) in [5.74, 6) is 0.665. The van der Waals surface area contributed by atoms with Crippen LogP contribution in [-0.2, 0) is 4.79 Å². The van der Waals surface area contributed by atoms with Crippen LogP contribution in [0.1, 0.15) is 58.3 Å². The summed E-state index contributed by atoms with van der Waals surface area (Å²) in [6, 6.07) is 0.275. The van der Waals surface area contributed by atoms with Crippen molar-refractivity contribution in [2.75, 3.05) is 19.7 Å². The van der Waals surface area contributed by atoms with Crippen LogP contribution in [0.3, 0.4) is 0 Å². The van der Waals surface area contributed by atoms with E-state index in [9.17, 15) is 9.90 Å². The highest BCUT2D eigenvalue weighted by Gasteiger charge is 2.37. The Kier molecular flexibility index (Phi) is 5.40. The first-order valence-electron chi connectivity index (χ1n) is 8.00. The lowest BCUT2D eigenvalue weighted by molar-refractivity contribution is -0.120. The first-order chi connectivity index (χ1) is 9.19. The van der Waals surface area contributed by atoms with Crippen molar-refractivity contribution in [3.8, 4) is 0 Å². The third-order valence-corrected chi connectivity index (χ3v) is 5.10. The minimum absolute atomic E-state index is 0.143. The van der Waals surface area contributed by atoms with Crippen molar-refractivity contribution >= 4 is 6.29 Å². The quantitative estimate of drug-likeness (QED) is 0.796. The van der Waals surface area contributed by atoms with Crippen molar-refractivity contribution in [1.29, 1.82) is 0 Å². The number of carbonyl (C=O) groups is 1. The van der Waals surface area contributed by atoms with Gasteiger partial charge < -0.3 is 9.90 Å². The van der Waals surface area contributed by atoms with Gasteiger partial charge in [0.2, 0.25) is 0 Å². The molecule has 0 aromatic rings. The fraction of sp³-hybridized carbons (Fsp3) is 0.938. The standard InChI is InChI=1S/C16H29NO2/c1-14-6-5-8-16(10-14,13-19)12-17-9-4-2-3-7-15(17)11-18/h13-15,18H,2-12H2,1H3. The maximum atomic E-state index is 11.7. The number of aliphatic hydroxyl groups excluding tert-OH is 1. The Balaban J connectivity index is 2.04. The highest BCUT2D eigenvalue weighted by atomic mass is 16.3. The van der Waals surface area contributed by atoms with Crippen LogP contribution in [0, 0.1) is 11.3 Å². The van der Waals surface area contributed by atoms with Crippen LogP contribution in [0.4, 0.5) is 0 Å². The number of likely N-dealkylation sites (tertiary alicyclic amines) is 1. The van der Waals surface area contributed by atoms with Gasteiger partial charge in [-0.3, -0.25) is 4.90 Å². The van der Waals surface area contributed by atoms with E-state index in [0.717, 1.165) is 32.4 Å². The zero-order chi connectivity index (χ0) is 13.7. The van der Waals surface area contributed by atoms with Crippen molar-refractivity contribution < 1.29 is 9.90 Å². The largest absolute Gasteiger partial charge is 0.395 e. The van der Waals surface area contributed by atoms with Gasteiger partial charge in [0, 0.05) is 18.0 Å². The van der Waals surface area contributed by atoms with Gasteiger partial charge in [-0.05, 0) is 38.1 Å². The summed E-state index contributed by atoms with van der Waals surface area (Å²) in [6.45, 7) is 4.43. The van der Waals surface area contributed by atoms with E-state index in [1.165, 1.54) is 38.4 Å². The summed E-state index contributed by atoms with van der Waals surface area (Å²) in [5, 5.41) is 9.59. The molecule has 3 unspecified atom stereocenters. The van der Waals surface area contributed by atoms with E-state index in [-0.39, 0.29) is 18.1 Å². The molecule has 2 fully saturated rings. The topological polar surface area (TPSA) is 40.5 Å². The van der Waals surface area contributed by atoms with Crippen LogP contribution >= 0.6 is 0 Å². The molecule has 0 spiro atoms. The zero-order valence-electron chi connectivity index (χ0n) is 12.3. The maximum absolute atomic E-state index is 11.7. The molecule has 0 amide bonds. The van der Waals surface area contributed by atoms with Gasteiger partial charge in [-0.15, -0.1) is 0 Å². The average molecular weight is 267 g/mol. The van der Waals surface area contributed by atoms with Crippen molar-refractivity contribution in [2.24, 2.45) is 11.3 Å². The number of rotatable bonds is 4. The van der Waals surface area contributed by atoms with E-state index in [1.54, 1.807) is 0 Å². The Labute approximate surface area is 117 Å². The van der Waals surface area contributed by atoms with E-state index in [4.69, 9.17) is 0 Å². The number of hydrogen-bond acceptors (Lipinski definition) is 3. The fourth-order valence-electron chi connectivity index (χ4n) is 4.04. The molecule has 0 radical (unpaired) electrons. The number of aliphatic hydroxyl groups is 1. The predicted molar refractivity (Wildman–Crippen MR) is 77.0 cm³/mol. The first-order valence-corrected chi connectivity index (χ1v) is 8.00. The third-order valence-electron chi connectivity index (χ3n) is 5.10. The molecular formula is C16H29NO2. The molecule has 3 atom stereocenters. The molecule has 2 aliphatic rings. The van der Waals surface area contributed by atoms with E-state index in [1.807, 2.05) is 0 Å². The van der Waals surface area contributed by atoms with E-state index in [2.05, 4.69) is 11.8 Å². The van der Waals surface area contributed by atoms with Gasteiger partial charge in [-0.2, -0.15) is 0 Å². The maximum Gasteiger partial charge on any atom is 0.127 e. The Hall–Kier alpha value is -0.410. The molecule has 2 rings (SSSR count). The molecule has 1 N–H and O–H groups in total. The summed E-state index contributed by atoms with van der Waals surface area (Å²) >= 11 is 0. The van der Waals surface area contributed by atoms with E-state index >= 15 is 0 Å². The van der Waals surface area contributed by atoms with Crippen LogP contribution in [0.25, 0.3) is 0 Å². The second-order valence-corrected chi connectivity index (χ2v) is 6.84. The van der Waals surface area contributed by atoms with Gasteiger partial charge in [0.1, 0.15) is 6.29 Å². The summed E-state index contributed by atoms with van der Waals surface area (Å²) in [6.07, 6.45) is 10.5. The van der Waals surface area contributed by atoms with Gasteiger partial charge >= 0.3 is 0 Å². The molecule has 0 aromatic carbocycles. The van der Waals surface area contributed by atoms with Gasteiger partial charge in [0.15, 0.2) is 0 Å². The molecule has 1 aliphatic carbocycles. The molecule has 110 valence electrons. The summed E-state index contributed by atoms with van der Waals surface area (Å²) in [4.78, 5) is 14.1. The van der Waals surface area contributed by atoms with Gasteiger partial charge in [-0.25, -0.2) is 0 Å². The molecule has 3 nitrogen and oxygen atoms in total. The Morgan fingerprint density at radius 3 is 2.79 bits per heavy atom. The second kappa shape index (κ2) is 6.85. The Bertz CT molecular complexity index is 294. The predicted octanol–water partition coefficient (Wildman–Crippen LogP) is 2.62. The van der Waals surface area contributed by atoms with E-state index < -0.39 is 0 Å². The number of nitrogens with zero attached hydrogens (tertiary/aromatic N) is 1. The number of hydrogen-bond donors (Lipinski definition) is 1. The second-order valence-electron chi connectivity index (χ2n) is 6.84. The molecule has 1 saturated carbocycles. The average Bonchev–Trinajstić information content (AvgIpc) is 2.63. The lowest BCUT2D eigenvalue weighted by Gasteiger charge is -2.41. The molecule has 1 aliphatic heterocycles. The molecule has 19 heavy (non-hydrogen) atoms.